The van der Waals surface area contributed by atoms with Crippen molar-refractivity contribution in [1.82, 2.24) is 19.9 Å². The van der Waals surface area contributed by atoms with E-state index < -0.39 is 29.0 Å². The maximum absolute atomic E-state index is 13.7. The van der Waals surface area contributed by atoms with E-state index in [0.29, 0.717) is 29.0 Å². The summed E-state index contributed by atoms with van der Waals surface area (Å²) in [5.41, 5.74) is 2.29. The van der Waals surface area contributed by atoms with E-state index in [4.69, 9.17) is 0 Å². The van der Waals surface area contributed by atoms with Crippen molar-refractivity contribution in [3.05, 3.63) is 83.8 Å². The van der Waals surface area contributed by atoms with Gasteiger partial charge >= 0.3 is 6.18 Å². The molecule has 0 radical (unpaired) electrons. The van der Waals surface area contributed by atoms with Crippen LogP contribution in [-0.2, 0) is 6.18 Å². The minimum Gasteiger partial charge on any atom is -0.339 e. The second kappa shape index (κ2) is 7.91. The van der Waals surface area contributed by atoms with Gasteiger partial charge in [0.05, 0.1) is 17.4 Å². The summed E-state index contributed by atoms with van der Waals surface area (Å²) in [6.07, 6.45) is -0.212. The molecule has 2 N–H and O–H groups in total. The summed E-state index contributed by atoms with van der Waals surface area (Å²) in [6.45, 7) is 1.80. The molecular formula is C24H15F4N5O. The number of benzene rings is 2. The van der Waals surface area contributed by atoms with E-state index in [1.165, 1.54) is 12.5 Å². The number of rotatable bonds is 3. The van der Waals surface area contributed by atoms with E-state index in [9.17, 15) is 22.4 Å². The number of anilines is 1. The van der Waals surface area contributed by atoms with E-state index in [0.717, 1.165) is 27.9 Å². The number of halogens is 4. The van der Waals surface area contributed by atoms with Crippen LogP contribution in [0.1, 0.15) is 21.6 Å². The average Bonchev–Trinajstić information content (AvgIpc) is 3.17. The molecule has 3 aromatic heterocycles. The van der Waals surface area contributed by atoms with Crippen molar-refractivity contribution in [2.45, 2.75) is 13.1 Å². The van der Waals surface area contributed by atoms with Crippen molar-refractivity contribution >= 4 is 33.5 Å². The first-order chi connectivity index (χ1) is 16.2. The summed E-state index contributed by atoms with van der Waals surface area (Å²) in [4.78, 5) is 28.4. The van der Waals surface area contributed by atoms with Gasteiger partial charge in [0.15, 0.2) is 0 Å². The molecule has 10 heteroatoms. The molecule has 0 saturated carbocycles. The summed E-state index contributed by atoms with van der Waals surface area (Å²) in [7, 11) is 0. The van der Waals surface area contributed by atoms with E-state index in [2.05, 4.69) is 25.3 Å². The number of carbonyl (C=O) groups is 1. The molecule has 0 unspecified atom stereocenters. The molecular weight excluding hydrogens is 450 g/mol. The second-order valence-corrected chi connectivity index (χ2v) is 7.71. The number of H-pyrrole nitrogens is 1. The van der Waals surface area contributed by atoms with Crippen LogP contribution in [-0.4, -0.2) is 25.8 Å². The monoisotopic (exact) mass is 465 g/mol. The zero-order valence-corrected chi connectivity index (χ0v) is 17.5. The summed E-state index contributed by atoms with van der Waals surface area (Å²) in [5, 5.41) is 4.33. The van der Waals surface area contributed by atoms with Crippen molar-refractivity contribution in [3.8, 4) is 11.1 Å². The normalized spacial score (nSPS) is 11.8. The molecule has 5 rings (SSSR count). The molecule has 170 valence electrons. The van der Waals surface area contributed by atoms with Gasteiger partial charge in [0.1, 0.15) is 17.8 Å². The largest absolute Gasteiger partial charge is 0.416 e. The fraction of sp³-hybridized carbons (Fsp3) is 0.0833. The summed E-state index contributed by atoms with van der Waals surface area (Å²) < 4.78 is 52.6. The third-order valence-electron chi connectivity index (χ3n) is 5.42. The van der Waals surface area contributed by atoms with Gasteiger partial charge in [-0.15, -0.1) is 0 Å². The van der Waals surface area contributed by atoms with Gasteiger partial charge in [-0.05, 0) is 42.8 Å². The van der Waals surface area contributed by atoms with Crippen LogP contribution in [0.5, 0.6) is 0 Å². The van der Waals surface area contributed by atoms with Crippen molar-refractivity contribution in [3.63, 3.8) is 0 Å². The first-order valence-electron chi connectivity index (χ1n) is 10.1. The Balaban J connectivity index is 1.48. The summed E-state index contributed by atoms with van der Waals surface area (Å²) >= 11 is 0. The lowest BCUT2D eigenvalue weighted by Crippen LogP contribution is -2.15. The van der Waals surface area contributed by atoms with Crippen LogP contribution < -0.4 is 5.32 Å². The van der Waals surface area contributed by atoms with E-state index in [1.54, 1.807) is 19.2 Å². The molecule has 0 spiro atoms. The second-order valence-electron chi connectivity index (χ2n) is 7.71. The first kappa shape index (κ1) is 21.5. The fourth-order valence-electron chi connectivity index (χ4n) is 3.79. The summed E-state index contributed by atoms with van der Waals surface area (Å²) in [6, 6.07) is 9.08. The molecule has 0 aliphatic heterocycles. The number of nitrogens with zero attached hydrogens (tertiary/aromatic N) is 3. The van der Waals surface area contributed by atoms with Gasteiger partial charge in [0, 0.05) is 39.3 Å². The Morgan fingerprint density at radius 2 is 1.82 bits per heavy atom. The Morgan fingerprint density at radius 3 is 2.62 bits per heavy atom. The number of pyridine rings is 1. The lowest BCUT2D eigenvalue weighted by Gasteiger charge is -2.12. The van der Waals surface area contributed by atoms with Crippen LogP contribution in [0.3, 0.4) is 0 Å². The Labute approximate surface area is 189 Å². The number of hydrogen-bond acceptors (Lipinski definition) is 4. The Kier molecular flexibility index (Phi) is 5.00. The molecule has 2 aromatic carbocycles. The molecule has 0 atom stereocenters. The Bertz CT molecular complexity index is 1580. The highest BCUT2D eigenvalue weighted by Gasteiger charge is 2.32. The lowest BCUT2D eigenvalue weighted by molar-refractivity contribution is -0.137. The van der Waals surface area contributed by atoms with E-state index in [1.807, 2.05) is 18.2 Å². The number of amides is 1. The first-order valence-corrected chi connectivity index (χ1v) is 10.1. The van der Waals surface area contributed by atoms with Gasteiger partial charge < -0.3 is 10.3 Å². The highest BCUT2D eigenvalue weighted by molar-refractivity contribution is 6.07. The van der Waals surface area contributed by atoms with Crippen molar-refractivity contribution < 1.29 is 22.4 Å². The number of fused-ring (bicyclic) bond motifs is 3. The number of aromatic nitrogens is 4. The molecule has 1 amide bonds. The molecule has 6 nitrogen and oxygen atoms in total. The van der Waals surface area contributed by atoms with Crippen molar-refractivity contribution in [1.29, 1.82) is 0 Å². The number of hydrogen-bond donors (Lipinski definition) is 2. The SMILES string of the molecule is Cc1ncc(NC(=O)c2cc(F)cc(C(F)(F)F)c2)cc1-c1ccc2c(c1)[nH]c1ncncc12. The van der Waals surface area contributed by atoms with Crippen LogP contribution in [0.4, 0.5) is 23.2 Å². The minimum atomic E-state index is -4.78. The predicted molar refractivity (Wildman–Crippen MR) is 119 cm³/mol. The molecule has 0 bridgehead atoms. The molecule has 3 heterocycles. The molecule has 34 heavy (non-hydrogen) atoms. The van der Waals surface area contributed by atoms with Gasteiger partial charge in [-0.1, -0.05) is 12.1 Å². The number of carbonyl (C=O) groups excluding carboxylic acids is 1. The molecule has 0 fully saturated rings. The number of aromatic amines is 1. The third-order valence-corrected chi connectivity index (χ3v) is 5.42. The van der Waals surface area contributed by atoms with Crippen molar-refractivity contribution in [2.75, 3.05) is 5.32 Å². The topological polar surface area (TPSA) is 83.6 Å². The van der Waals surface area contributed by atoms with Crippen LogP contribution in [0.2, 0.25) is 0 Å². The molecule has 0 aliphatic carbocycles. The van der Waals surface area contributed by atoms with E-state index >= 15 is 0 Å². The third kappa shape index (κ3) is 3.94. The van der Waals surface area contributed by atoms with Crippen LogP contribution in [0.15, 0.2) is 61.2 Å². The van der Waals surface area contributed by atoms with Gasteiger partial charge in [0.25, 0.3) is 5.91 Å². The van der Waals surface area contributed by atoms with Gasteiger partial charge in [-0.3, -0.25) is 9.78 Å². The highest BCUT2D eigenvalue weighted by atomic mass is 19.4. The smallest absolute Gasteiger partial charge is 0.339 e. The van der Waals surface area contributed by atoms with Crippen LogP contribution in [0.25, 0.3) is 33.1 Å². The van der Waals surface area contributed by atoms with Gasteiger partial charge in [0.2, 0.25) is 0 Å². The molecule has 0 aliphatic rings. The maximum atomic E-state index is 13.7. The van der Waals surface area contributed by atoms with E-state index in [-0.39, 0.29) is 5.69 Å². The quantitative estimate of drug-likeness (QED) is 0.326. The van der Waals surface area contributed by atoms with Crippen LogP contribution in [0, 0.1) is 12.7 Å². The number of aryl methyl sites for hydroxylation is 1. The molecule has 5 aromatic rings. The summed E-state index contributed by atoms with van der Waals surface area (Å²) in [5.74, 6) is -2.04. The number of alkyl halides is 3. The highest BCUT2D eigenvalue weighted by Crippen LogP contribution is 2.32. The fourth-order valence-corrected chi connectivity index (χ4v) is 3.79. The minimum absolute atomic E-state index is 0.256. The standard InChI is InChI=1S/C24H15F4N5O/c1-12-19(13-2-3-18-20-10-29-11-31-22(20)33-21(18)6-13)8-17(9-30-12)32-23(34)14-4-15(24(26,27)28)7-16(25)5-14/h2-11H,1H3,(H,32,34)(H,29,31,33). The average molecular weight is 465 g/mol. The maximum Gasteiger partial charge on any atom is 0.416 e. The van der Waals surface area contributed by atoms with Gasteiger partial charge in [-0.25, -0.2) is 14.4 Å². The Morgan fingerprint density at radius 1 is 1.00 bits per heavy atom. The van der Waals surface area contributed by atoms with Crippen molar-refractivity contribution in [2.24, 2.45) is 0 Å². The lowest BCUT2D eigenvalue weighted by atomic mass is 10.0. The number of nitrogens with one attached hydrogen (secondary N) is 2. The zero-order valence-electron chi connectivity index (χ0n) is 17.5. The predicted octanol–water partition coefficient (Wildman–Crippen LogP) is 5.89. The Hall–Kier alpha value is -4.34. The zero-order chi connectivity index (χ0) is 24.0. The molecule has 0 saturated heterocycles. The van der Waals surface area contributed by atoms with Crippen LogP contribution >= 0.6 is 0 Å². The van der Waals surface area contributed by atoms with Gasteiger partial charge in [-0.2, -0.15) is 13.2 Å².